The molecule has 0 aliphatic rings. The zero-order valence-corrected chi connectivity index (χ0v) is 17.7. The SMILES string of the molecule is CC/C(=N\OCCOc1cccc(CC(=O)O)c1C)c1ccc(-c2ccccn2)cc1. The van der Waals surface area contributed by atoms with Crippen molar-refractivity contribution in [3.8, 4) is 17.0 Å². The minimum absolute atomic E-state index is 0.0250. The highest BCUT2D eigenvalue weighted by atomic mass is 16.6. The number of carboxylic acids is 1. The van der Waals surface area contributed by atoms with Gasteiger partial charge in [-0.15, -0.1) is 0 Å². The van der Waals surface area contributed by atoms with Crippen molar-refractivity contribution in [3.63, 3.8) is 0 Å². The summed E-state index contributed by atoms with van der Waals surface area (Å²) in [5.41, 5.74) is 5.41. The molecule has 0 fully saturated rings. The molecule has 1 heterocycles. The molecule has 0 amide bonds. The van der Waals surface area contributed by atoms with Crippen molar-refractivity contribution in [2.24, 2.45) is 5.16 Å². The fraction of sp³-hybridized carbons (Fsp3) is 0.240. The maximum atomic E-state index is 11.0. The van der Waals surface area contributed by atoms with Gasteiger partial charge in [0.05, 0.1) is 17.8 Å². The summed E-state index contributed by atoms with van der Waals surface area (Å²) in [6.45, 7) is 4.49. The summed E-state index contributed by atoms with van der Waals surface area (Å²) in [6, 6.07) is 19.3. The molecule has 0 saturated carbocycles. The molecule has 0 saturated heterocycles. The van der Waals surface area contributed by atoms with E-state index in [0.29, 0.717) is 12.4 Å². The Hall–Kier alpha value is -3.67. The Labute approximate surface area is 182 Å². The Morgan fingerprint density at radius 2 is 1.84 bits per heavy atom. The molecular formula is C25H26N2O4. The number of hydrogen-bond acceptors (Lipinski definition) is 5. The number of carboxylic acid groups (broad SMARTS) is 1. The molecule has 0 unspecified atom stereocenters. The molecule has 0 aliphatic heterocycles. The Morgan fingerprint density at radius 3 is 2.52 bits per heavy atom. The average molecular weight is 418 g/mol. The van der Waals surface area contributed by atoms with Crippen LogP contribution >= 0.6 is 0 Å². The lowest BCUT2D eigenvalue weighted by atomic mass is 10.0. The van der Waals surface area contributed by atoms with Gasteiger partial charge in [-0.2, -0.15) is 0 Å². The van der Waals surface area contributed by atoms with Crippen LogP contribution in [0.15, 0.2) is 72.0 Å². The molecule has 3 rings (SSSR count). The smallest absolute Gasteiger partial charge is 0.307 e. The van der Waals surface area contributed by atoms with Gasteiger partial charge in [0.1, 0.15) is 12.4 Å². The summed E-state index contributed by atoms with van der Waals surface area (Å²) >= 11 is 0. The van der Waals surface area contributed by atoms with Gasteiger partial charge < -0.3 is 14.7 Å². The number of pyridine rings is 1. The van der Waals surface area contributed by atoms with Crippen molar-refractivity contribution in [2.75, 3.05) is 13.2 Å². The van der Waals surface area contributed by atoms with E-state index in [9.17, 15) is 4.79 Å². The zero-order valence-electron chi connectivity index (χ0n) is 17.7. The fourth-order valence-corrected chi connectivity index (χ4v) is 3.17. The van der Waals surface area contributed by atoms with E-state index in [2.05, 4.69) is 10.1 Å². The highest BCUT2D eigenvalue weighted by Crippen LogP contribution is 2.22. The van der Waals surface area contributed by atoms with Crippen LogP contribution in [0.25, 0.3) is 11.3 Å². The van der Waals surface area contributed by atoms with Crippen LogP contribution < -0.4 is 4.74 Å². The van der Waals surface area contributed by atoms with Crippen LogP contribution in [0.5, 0.6) is 5.75 Å². The van der Waals surface area contributed by atoms with Crippen LogP contribution in [0.1, 0.15) is 30.0 Å². The largest absolute Gasteiger partial charge is 0.490 e. The molecule has 6 nitrogen and oxygen atoms in total. The molecule has 160 valence electrons. The summed E-state index contributed by atoms with van der Waals surface area (Å²) in [4.78, 5) is 20.8. The van der Waals surface area contributed by atoms with E-state index in [0.717, 1.165) is 40.1 Å². The third-order valence-electron chi connectivity index (χ3n) is 4.86. The fourth-order valence-electron chi connectivity index (χ4n) is 3.17. The highest BCUT2D eigenvalue weighted by Gasteiger charge is 2.09. The summed E-state index contributed by atoms with van der Waals surface area (Å²) in [6.07, 6.45) is 2.49. The molecule has 0 spiro atoms. The quantitative estimate of drug-likeness (QED) is 0.288. The third kappa shape index (κ3) is 6.15. The second kappa shape index (κ2) is 10.9. The first kappa shape index (κ1) is 22.0. The Morgan fingerprint density at radius 1 is 1.03 bits per heavy atom. The van der Waals surface area contributed by atoms with Gasteiger partial charge in [0.2, 0.25) is 0 Å². The van der Waals surface area contributed by atoms with Crippen molar-refractivity contribution in [1.29, 1.82) is 0 Å². The van der Waals surface area contributed by atoms with Gasteiger partial charge in [0.25, 0.3) is 0 Å². The molecule has 31 heavy (non-hydrogen) atoms. The van der Waals surface area contributed by atoms with Gasteiger partial charge in [-0.05, 0) is 48.2 Å². The minimum Gasteiger partial charge on any atom is -0.490 e. The normalized spacial score (nSPS) is 11.2. The van der Waals surface area contributed by atoms with Gasteiger partial charge in [-0.3, -0.25) is 9.78 Å². The summed E-state index contributed by atoms with van der Waals surface area (Å²) in [5.74, 6) is -0.203. The summed E-state index contributed by atoms with van der Waals surface area (Å²) in [7, 11) is 0. The summed E-state index contributed by atoms with van der Waals surface area (Å²) in [5, 5.41) is 13.3. The first-order valence-corrected chi connectivity index (χ1v) is 10.2. The van der Waals surface area contributed by atoms with Gasteiger partial charge in [0, 0.05) is 11.8 Å². The van der Waals surface area contributed by atoms with Crippen LogP contribution in [-0.4, -0.2) is 35.0 Å². The van der Waals surface area contributed by atoms with E-state index >= 15 is 0 Å². The second-order valence-electron chi connectivity index (χ2n) is 6.98. The van der Waals surface area contributed by atoms with Crippen molar-refractivity contribution < 1.29 is 19.5 Å². The van der Waals surface area contributed by atoms with Crippen LogP contribution in [0.2, 0.25) is 0 Å². The first-order chi connectivity index (χ1) is 15.1. The molecule has 3 aromatic rings. The van der Waals surface area contributed by atoms with E-state index in [1.807, 2.05) is 62.4 Å². The second-order valence-corrected chi connectivity index (χ2v) is 6.98. The number of aromatic nitrogens is 1. The van der Waals surface area contributed by atoms with Crippen LogP contribution in [0.4, 0.5) is 0 Å². The lowest BCUT2D eigenvalue weighted by Crippen LogP contribution is -2.08. The molecule has 0 radical (unpaired) electrons. The highest BCUT2D eigenvalue weighted by molar-refractivity contribution is 6.00. The van der Waals surface area contributed by atoms with Crippen LogP contribution in [-0.2, 0) is 16.1 Å². The molecule has 0 bridgehead atoms. The molecule has 1 N–H and O–H groups in total. The third-order valence-corrected chi connectivity index (χ3v) is 4.86. The predicted octanol–water partition coefficient (Wildman–Crippen LogP) is 4.89. The van der Waals surface area contributed by atoms with Gasteiger partial charge in [-0.25, -0.2) is 0 Å². The van der Waals surface area contributed by atoms with E-state index in [1.165, 1.54) is 0 Å². The average Bonchev–Trinajstić information content (AvgIpc) is 2.79. The molecule has 6 heteroatoms. The maximum Gasteiger partial charge on any atom is 0.307 e. The molecule has 0 aliphatic carbocycles. The Bertz CT molecular complexity index is 1030. The molecule has 0 atom stereocenters. The number of hydrogen-bond donors (Lipinski definition) is 1. The number of benzene rings is 2. The van der Waals surface area contributed by atoms with Gasteiger partial charge in [0.15, 0.2) is 6.61 Å². The Balaban J connectivity index is 1.55. The summed E-state index contributed by atoms with van der Waals surface area (Å²) < 4.78 is 5.75. The lowest BCUT2D eigenvalue weighted by Gasteiger charge is -2.11. The number of nitrogens with zero attached hydrogens (tertiary/aromatic N) is 2. The molecule has 2 aromatic carbocycles. The van der Waals surface area contributed by atoms with Crippen LogP contribution in [0.3, 0.4) is 0 Å². The monoisotopic (exact) mass is 418 g/mol. The van der Waals surface area contributed by atoms with E-state index in [1.54, 1.807) is 18.3 Å². The number of aliphatic carboxylic acids is 1. The molecular weight excluding hydrogens is 392 g/mol. The number of ether oxygens (including phenoxy) is 1. The maximum absolute atomic E-state index is 11.0. The van der Waals surface area contributed by atoms with Crippen molar-refractivity contribution in [3.05, 3.63) is 83.6 Å². The topological polar surface area (TPSA) is 81.0 Å². The number of carbonyl (C=O) groups is 1. The van der Waals surface area contributed by atoms with Crippen molar-refractivity contribution >= 4 is 11.7 Å². The molecule has 1 aromatic heterocycles. The van der Waals surface area contributed by atoms with E-state index in [4.69, 9.17) is 14.7 Å². The predicted molar refractivity (Wildman–Crippen MR) is 120 cm³/mol. The van der Waals surface area contributed by atoms with E-state index in [-0.39, 0.29) is 13.0 Å². The minimum atomic E-state index is -0.863. The Kier molecular flexibility index (Phi) is 7.76. The van der Waals surface area contributed by atoms with E-state index < -0.39 is 5.97 Å². The standard InChI is InChI=1S/C25H26N2O4/c1-3-22(19-10-12-20(13-11-19)23-8-4-5-14-26-23)27-31-16-15-30-24-9-6-7-21(18(24)2)17-25(28)29/h4-14H,3,15-17H2,1-2H3,(H,28,29)/b27-22+. The van der Waals surface area contributed by atoms with Crippen LogP contribution in [0, 0.1) is 6.92 Å². The number of oxime groups is 1. The van der Waals surface area contributed by atoms with Gasteiger partial charge >= 0.3 is 5.97 Å². The number of rotatable bonds is 10. The first-order valence-electron chi connectivity index (χ1n) is 10.2. The van der Waals surface area contributed by atoms with Crippen molar-refractivity contribution in [2.45, 2.75) is 26.7 Å². The lowest BCUT2D eigenvalue weighted by molar-refractivity contribution is -0.136. The van der Waals surface area contributed by atoms with Gasteiger partial charge in [-0.1, -0.05) is 54.5 Å². The zero-order chi connectivity index (χ0) is 22.1. The van der Waals surface area contributed by atoms with Crippen molar-refractivity contribution in [1.82, 2.24) is 4.98 Å².